The zero-order chi connectivity index (χ0) is 22.8. The Hall–Kier alpha value is -3.79. The molecule has 0 saturated carbocycles. The number of carbonyl (C=O) groups excluding carboxylic acids is 1. The van der Waals surface area contributed by atoms with E-state index in [2.05, 4.69) is 10.3 Å². The Morgan fingerprint density at radius 2 is 2.16 bits per heavy atom. The molecule has 0 unspecified atom stereocenters. The maximum Gasteiger partial charge on any atom is 0.271 e. The third-order valence-electron chi connectivity index (χ3n) is 5.04. The van der Waals surface area contributed by atoms with Gasteiger partial charge in [0.15, 0.2) is 0 Å². The Morgan fingerprint density at radius 3 is 2.84 bits per heavy atom. The molecule has 0 saturated heterocycles. The molecule has 0 aliphatic heterocycles. The van der Waals surface area contributed by atoms with Crippen LogP contribution >= 0.6 is 11.3 Å². The van der Waals surface area contributed by atoms with E-state index in [9.17, 15) is 19.7 Å². The molecule has 3 heterocycles. The number of carbonyl (C=O) groups is 1. The first-order valence-corrected chi connectivity index (χ1v) is 10.9. The summed E-state index contributed by atoms with van der Waals surface area (Å²) >= 11 is 1.35. The molecule has 3 aromatic heterocycles. The Bertz CT molecular complexity index is 1370. The number of anilines is 1. The molecule has 0 spiro atoms. The van der Waals surface area contributed by atoms with Gasteiger partial charge in [-0.1, -0.05) is 13.0 Å². The highest BCUT2D eigenvalue weighted by atomic mass is 32.1. The summed E-state index contributed by atoms with van der Waals surface area (Å²) in [5.74, 6) is 0.606. The number of furan rings is 1. The van der Waals surface area contributed by atoms with Crippen molar-refractivity contribution >= 4 is 38.8 Å². The minimum atomic E-state index is -0.524. The second-order valence-electron chi connectivity index (χ2n) is 7.28. The summed E-state index contributed by atoms with van der Waals surface area (Å²) in [5, 5.41) is 16.0. The number of nitro benzene ring substituents is 1. The van der Waals surface area contributed by atoms with E-state index >= 15 is 0 Å². The molecule has 4 aromatic rings. The highest BCUT2D eigenvalue weighted by Gasteiger charge is 2.20. The van der Waals surface area contributed by atoms with Crippen LogP contribution in [0.4, 0.5) is 11.4 Å². The number of rotatable bonds is 7. The van der Waals surface area contributed by atoms with E-state index in [-0.39, 0.29) is 17.8 Å². The summed E-state index contributed by atoms with van der Waals surface area (Å²) in [5.41, 5.74) is 1.20. The summed E-state index contributed by atoms with van der Waals surface area (Å²) in [6, 6.07) is 7.75. The summed E-state index contributed by atoms with van der Waals surface area (Å²) in [6.07, 6.45) is 2.81. The minimum Gasteiger partial charge on any atom is -0.464 e. The van der Waals surface area contributed by atoms with Gasteiger partial charge in [-0.15, -0.1) is 11.3 Å². The molecule has 0 atom stereocenters. The van der Waals surface area contributed by atoms with Crippen LogP contribution in [-0.2, 0) is 17.8 Å². The predicted molar refractivity (Wildman–Crippen MR) is 122 cm³/mol. The van der Waals surface area contributed by atoms with Crippen molar-refractivity contribution in [2.75, 3.05) is 5.32 Å². The monoisotopic (exact) mass is 452 g/mol. The van der Waals surface area contributed by atoms with Crippen LogP contribution in [0.25, 0.3) is 21.5 Å². The Balaban J connectivity index is 1.72. The number of hydrogen-bond donors (Lipinski definition) is 1. The molecule has 0 aliphatic carbocycles. The Kier molecular flexibility index (Phi) is 5.87. The van der Waals surface area contributed by atoms with Crippen molar-refractivity contribution in [3.05, 3.63) is 73.8 Å². The minimum absolute atomic E-state index is 0.126. The number of non-ortho nitro benzene ring substituents is 1. The van der Waals surface area contributed by atoms with Gasteiger partial charge in [-0.3, -0.25) is 24.3 Å². The third-order valence-corrected chi connectivity index (χ3v) is 5.91. The van der Waals surface area contributed by atoms with Crippen molar-refractivity contribution in [2.24, 2.45) is 0 Å². The smallest absolute Gasteiger partial charge is 0.271 e. The summed E-state index contributed by atoms with van der Waals surface area (Å²) in [4.78, 5) is 42.0. The Labute approximate surface area is 186 Å². The van der Waals surface area contributed by atoms with Gasteiger partial charge in [-0.05, 0) is 31.0 Å². The van der Waals surface area contributed by atoms with Crippen LogP contribution in [0, 0.1) is 17.0 Å². The van der Waals surface area contributed by atoms with Gasteiger partial charge in [0.05, 0.1) is 22.3 Å². The number of nitrogens with zero attached hydrogens (tertiary/aromatic N) is 3. The summed E-state index contributed by atoms with van der Waals surface area (Å²) < 4.78 is 6.83. The molecule has 0 radical (unpaired) electrons. The molecule has 4 rings (SSSR count). The van der Waals surface area contributed by atoms with Gasteiger partial charge in [0.2, 0.25) is 5.91 Å². The second-order valence-corrected chi connectivity index (χ2v) is 8.14. The van der Waals surface area contributed by atoms with Gasteiger partial charge in [-0.2, -0.15) is 0 Å². The van der Waals surface area contributed by atoms with Crippen LogP contribution < -0.4 is 10.9 Å². The van der Waals surface area contributed by atoms with Gasteiger partial charge in [-0.25, -0.2) is 4.98 Å². The molecule has 32 heavy (non-hydrogen) atoms. The number of fused-ring (bicyclic) bond motifs is 1. The number of aromatic nitrogens is 2. The lowest BCUT2D eigenvalue weighted by molar-refractivity contribution is -0.384. The van der Waals surface area contributed by atoms with Crippen LogP contribution in [0.15, 0.2) is 51.2 Å². The van der Waals surface area contributed by atoms with E-state index in [0.717, 1.165) is 6.42 Å². The normalized spacial score (nSPS) is 11.1. The molecule has 9 nitrogen and oxygen atoms in total. The molecule has 10 heteroatoms. The van der Waals surface area contributed by atoms with Crippen molar-refractivity contribution in [2.45, 2.75) is 33.2 Å². The molecule has 1 N–H and O–H groups in total. The molecule has 1 amide bonds. The van der Waals surface area contributed by atoms with E-state index in [1.54, 1.807) is 25.1 Å². The summed E-state index contributed by atoms with van der Waals surface area (Å²) in [7, 11) is 0. The first-order valence-electron chi connectivity index (χ1n) is 9.98. The van der Waals surface area contributed by atoms with Crippen LogP contribution in [-0.4, -0.2) is 20.4 Å². The van der Waals surface area contributed by atoms with Crippen molar-refractivity contribution in [1.82, 2.24) is 9.55 Å². The van der Waals surface area contributed by atoms with Crippen molar-refractivity contribution in [1.29, 1.82) is 0 Å². The fraction of sp³-hybridized carbons (Fsp3) is 0.227. The van der Waals surface area contributed by atoms with Crippen LogP contribution in [0.3, 0.4) is 0 Å². The average molecular weight is 452 g/mol. The lowest BCUT2D eigenvalue weighted by atomic mass is 10.1. The molecule has 0 fully saturated rings. The molecule has 0 aliphatic rings. The van der Waals surface area contributed by atoms with E-state index in [1.165, 1.54) is 34.3 Å². The third kappa shape index (κ3) is 4.04. The van der Waals surface area contributed by atoms with Crippen molar-refractivity contribution < 1.29 is 14.1 Å². The largest absolute Gasteiger partial charge is 0.464 e. The van der Waals surface area contributed by atoms with Crippen LogP contribution in [0.1, 0.15) is 24.7 Å². The quantitative estimate of drug-likeness (QED) is 0.325. The first kappa shape index (κ1) is 21.4. The molecule has 164 valence electrons. The lowest BCUT2D eigenvalue weighted by Crippen LogP contribution is -2.31. The van der Waals surface area contributed by atoms with Gasteiger partial charge in [0.1, 0.15) is 23.0 Å². The predicted octanol–water partition coefficient (Wildman–Crippen LogP) is 4.53. The summed E-state index contributed by atoms with van der Waals surface area (Å²) in [6.45, 7) is 3.45. The van der Waals surface area contributed by atoms with Crippen molar-refractivity contribution in [3.63, 3.8) is 0 Å². The van der Waals surface area contributed by atoms with E-state index in [0.29, 0.717) is 45.0 Å². The SMILES string of the molecule is CCCc1nc2scc(-c3ccco3)c2c(=O)n1CC(=O)Nc1cc([N+](=O)[O-])ccc1C. The standard InChI is InChI=1S/C22H20N4O5S/c1-3-5-18-24-21-20(15(12-32-21)17-6-4-9-31-17)22(28)25(18)11-19(27)23-16-10-14(26(29)30)8-7-13(16)2/h4,6-10,12H,3,5,11H2,1-2H3,(H,23,27). The van der Waals surface area contributed by atoms with E-state index in [4.69, 9.17) is 4.42 Å². The van der Waals surface area contributed by atoms with Gasteiger partial charge in [0, 0.05) is 29.5 Å². The van der Waals surface area contributed by atoms with Crippen molar-refractivity contribution in [3.8, 4) is 11.3 Å². The van der Waals surface area contributed by atoms with Crippen LogP contribution in [0.2, 0.25) is 0 Å². The lowest BCUT2D eigenvalue weighted by Gasteiger charge is -2.13. The molecule has 0 bridgehead atoms. The Morgan fingerprint density at radius 1 is 1.34 bits per heavy atom. The molecular formula is C22H20N4O5S. The van der Waals surface area contributed by atoms with E-state index in [1.807, 2.05) is 12.3 Å². The van der Waals surface area contributed by atoms with E-state index < -0.39 is 10.8 Å². The number of nitrogens with one attached hydrogen (secondary N) is 1. The zero-order valence-corrected chi connectivity index (χ0v) is 18.3. The number of aryl methyl sites for hydroxylation is 2. The van der Waals surface area contributed by atoms with Gasteiger partial charge in [0.25, 0.3) is 11.2 Å². The topological polar surface area (TPSA) is 120 Å². The number of nitro groups is 1. The first-order chi connectivity index (χ1) is 15.4. The number of amides is 1. The fourth-order valence-electron chi connectivity index (χ4n) is 3.45. The van der Waals surface area contributed by atoms with Gasteiger partial charge < -0.3 is 9.73 Å². The zero-order valence-electron chi connectivity index (χ0n) is 17.5. The molecule has 1 aromatic carbocycles. The maximum atomic E-state index is 13.4. The maximum absolute atomic E-state index is 13.4. The fourth-order valence-corrected chi connectivity index (χ4v) is 4.39. The number of hydrogen-bond acceptors (Lipinski definition) is 7. The second kappa shape index (κ2) is 8.75. The number of thiophene rings is 1. The molecular weight excluding hydrogens is 432 g/mol. The number of benzene rings is 1. The highest BCUT2D eigenvalue weighted by Crippen LogP contribution is 2.31. The highest BCUT2D eigenvalue weighted by molar-refractivity contribution is 7.17. The van der Waals surface area contributed by atoms with Gasteiger partial charge >= 0.3 is 0 Å². The van der Waals surface area contributed by atoms with Crippen LogP contribution in [0.5, 0.6) is 0 Å². The average Bonchev–Trinajstić information content (AvgIpc) is 3.42.